The van der Waals surface area contributed by atoms with Gasteiger partial charge in [0, 0.05) is 6.42 Å². The normalized spacial score (nSPS) is 48.5. The van der Waals surface area contributed by atoms with Gasteiger partial charge in [0.15, 0.2) is 0 Å². The molecule has 2 heterocycles. The van der Waals surface area contributed by atoms with Gasteiger partial charge in [-0.15, -0.1) is 0 Å². The Balaban J connectivity index is 1.94. The summed E-state index contributed by atoms with van der Waals surface area (Å²) in [6.07, 6.45) is 4.03. The van der Waals surface area contributed by atoms with Crippen LogP contribution in [0.4, 0.5) is 0 Å². The van der Waals surface area contributed by atoms with Crippen molar-refractivity contribution in [3.05, 3.63) is 0 Å². The number of hydrogen-bond donors (Lipinski definition) is 1. The molecule has 0 aromatic rings. The first kappa shape index (κ1) is 15.3. The summed E-state index contributed by atoms with van der Waals surface area (Å²) in [6.45, 7) is 8.34. The van der Waals surface area contributed by atoms with Gasteiger partial charge in [-0.1, -0.05) is 27.2 Å². The summed E-state index contributed by atoms with van der Waals surface area (Å²) >= 11 is 0. The van der Waals surface area contributed by atoms with Crippen LogP contribution in [0.15, 0.2) is 0 Å². The van der Waals surface area contributed by atoms with E-state index in [-0.39, 0.29) is 17.3 Å². The lowest BCUT2D eigenvalue weighted by Gasteiger charge is -2.48. The predicted molar refractivity (Wildman–Crippen MR) is 78.6 cm³/mol. The van der Waals surface area contributed by atoms with Crippen molar-refractivity contribution in [1.29, 1.82) is 0 Å². The fraction of sp³-hybridized carbons (Fsp3) is 0.941. The fourth-order valence-electron chi connectivity index (χ4n) is 5.17. The maximum Gasteiger partial charge on any atom is 0.332 e. The third-order valence-electron chi connectivity index (χ3n) is 6.55. The standard InChI is InChI=1S/C17H28O4/c1-10(2)17-7-12-11(3)5-6-13(12)16(4,21-17)14(8-17)20-15(19)9-18/h10-14,18H,5-9H2,1-4H3/t11-,12-,13?,14?,16?,17?/m1/s1. The van der Waals surface area contributed by atoms with Crippen LogP contribution in [0, 0.1) is 23.7 Å². The van der Waals surface area contributed by atoms with Crippen LogP contribution in [0.2, 0.25) is 0 Å². The number of rotatable bonds is 3. The largest absolute Gasteiger partial charge is 0.457 e. The number of hydrogen-bond acceptors (Lipinski definition) is 4. The minimum Gasteiger partial charge on any atom is -0.457 e. The van der Waals surface area contributed by atoms with Crippen molar-refractivity contribution in [3.8, 4) is 0 Å². The van der Waals surface area contributed by atoms with Gasteiger partial charge in [-0.05, 0) is 43.4 Å². The van der Waals surface area contributed by atoms with Crippen LogP contribution < -0.4 is 0 Å². The molecule has 0 aromatic carbocycles. The van der Waals surface area contributed by atoms with Crippen LogP contribution in [-0.4, -0.2) is 35.0 Å². The molecule has 1 N–H and O–H groups in total. The summed E-state index contributed by atoms with van der Waals surface area (Å²) in [5, 5.41) is 9.01. The van der Waals surface area contributed by atoms with Gasteiger partial charge in [-0.2, -0.15) is 0 Å². The van der Waals surface area contributed by atoms with Gasteiger partial charge >= 0.3 is 5.97 Å². The lowest BCUT2D eigenvalue weighted by molar-refractivity contribution is -0.214. The average molecular weight is 296 g/mol. The summed E-state index contributed by atoms with van der Waals surface area (Å²) in [7, 11) is 0. The summed E-state index contributed by atoms with van der Waals surface area (Å²) in [6, 6.07) is 0. The molecular weight excluding hydrogens is 268 g/mol. The molecule has 1 aliphatic carbocycles. The van der Waals surface area contributed by atoms with Gasteiger partial charge in [0.1, 0.15) is 18.3 Å². The molecule has 3 fully saturated rings. The van der Waals surface area contributed by atoms with E-state index in [0.29, 0.717) is 17.8 Å². The van der Waals surface area contributed by atoms with Crippen LogP contribution in [0.1, 0.15) is 53.4 Å². The molecule has 2 saturated heterocycles. The highest BCUT2D eigenvalue weighted by Gasteiger charge is 2.66. The van der Waals surface area contributed by atoms with Crippen molar-refractivity contribution >= 4 is 5.97 Å². The van der Waals surface area contributed by atoms with E-state index in [4.69, 9.17) is 14.6 Å². The Bertz CT molecular complexity index is 435. The van der Waals surface area contributed by atoms with Crippen molar-refractivity contribution in [2.24, 2.45) is 23.7 Å². The quantitative estimate of drug-likeness (QED) is 0.813. The summed E-state index contributed by atoms with van der Waals surface area (Å²) in [5.41, 5.74) is -0.558. The van der Waals surface area contributed by atoms with Gasteiger partial charge in [0.2, 0.25) is 0 Å². The van der Waals surface area contributed by atoms with E-state index in [1.165, 1.54) is 6.42 Å². The summed E-state index contributed by atoms with van der Waals surface area (Å²) in [5.74, 6) is 1.74. The molecule has 120 valence electrons. The van der Waals surface area contributed by atoms with Gasteiger partial charge in [0.05, 0.1) is 5.60 Å². The number of aliphatic hydroxyl groups is 1. The topological polar surface area (TPSA) is 55.8 Å². The molecular formula is C17H28O4. The highest BCUT2D eigenvalue weighted by atomic mass is 16.6. The molecule has 4 heteroatoms. The minimum atomic E-state index is -0.550. The van der Waals surface area contributed by atoms with E-state index < -0.39 is 12.6 Å². The first-order chi connectivity index (χ1) is 9.82. The first-order valence-corrected chi connectivity index (χ1v) is 8.33. The van der Waals surface area contributed by atoms with Crippen molar-refractivity contribution in [3.63, 3.8) is 0 Å². The maximum atomic E-state index is 11.6. The second-order valence-electron chi connectivity index (χ2n) is 7.88. The average Bonchev–Trinajstić information content (AvgIpc) is 2.90. The second-order valence-corrected chi connectivity index (χ2v) is 7.88. The molecule has 0 amide bonds. The van der Waals surface area contributed by atoms with E-state index in [9.17, 15) is 4.79 Å². The van der Waals surface area contributed by atoms with E-state index >= 15 is 0 Å². The monoisotopic (exact) mass is 296 g/mol. The molecule has 4 unspecified atom stereocenters. The highest BCUT2D eigenvalue weighted by molar-refractivity contribution is 5.70. The lowest BCUT2D eigenvalue weighted by atomic mass is 9.72. The molecule has 0 radical (unpaired) electrons. The molecule has 4 nitrogen and oxygen atoms in total. The van der Waals surface area contributed by atoms with Crippen LogP contribution in [0.3, 0.4) is 0 Å². The lowest BCUT2D eigenvalue weighted by Crippen LogP contribution is -2.53. The highest BCUT2D eigenvalue weighted by Crippen LogP contribution is 2.62. The predicted octanol–water partition coefficient (Wildman–Crippen LogP) is 2.53. The Kier molecular flexibility index (Phi) is 3.61. The Morgan fingerprint density at radius 1 is 1.38 bits per heavy atom. The molecule has 0 spiro atoms. The summed E-state index contributed by atoms with van der Waals surface area (Å²) < 4.78 is 12.2. The number of ether oxygens (including phenoxy) is 2. The number of carbonyl (C=O) groups excluding carboxylic acids is 1. The molecule has 2 aliphatic heterocycles. The van der Waals surface area contributed by atoms with Crippen LogP contribution in [-0.2, 0) is 14.3 Å². The van der Waals surface area contributed by atoms with E-state index in [0.717, 1.165) is 25.2 Å². The van der Waals surface area contributed by atoms with Gasteiger partial charge in [-0.3, -0.25) is 0 Å². The SMILES string of the molecule is CC(C)C12CC(OC(=O)CO)C(C)(O1)C1CC[C@@H](C)[C@H]1C2. The van der Waals surface area contributed by atoms with E-state index in [1.807, 2.05) is 0 Å². The van der Waals surface area contributed by atoms with Gasteiger partial charge < -0.3 is 14.6 Å². The third kappa shape index (κ3) is 2.14. The molecule has 3 aliphatic rings. The Morgan fingerprint density at radius 3 is 2.71 bits per heavy atom. The van der Waals surface area contributed by atoms with Crippen LogP contribution in [0.25, 0.3) is 0 Å². The zero-order valence-corrected chi connectivity index (χ0v) is 13.6. The number of fused-ring (bicyclic) bond motifs is 4. The molecule has 0 aromatic heterocycles. The molecule has 1 saturated carbocycles. The Morgan fingerprint density at radius 2 is 2.10 bits per heavy atom. The molecule has 6 atom stereocenters. The Labute approximate surface area is 127 Å². The maximum absolute atomic E-state index is 11.6. The third-order valence-corrected chi connectivity index (χ3v) is 6.55. The van der Waals surface area contributed by atoms with Gasteiger partial charge in [0.25, 0.3) is 0 Å². The summed E-state index contributed by atoms with van der Waals surface area (Å²) in [4.78, 5) is 11.6. The second kappa shape index (κ2) is 4.95. The van der Waals surface area contributed by atoms with Crippen molar-refractivity contribution in [2.45, 2.75) is 70.7 Å². The van der Waals surface area contributed by atoms with Crippen molar-refractivity contribution < 1.29 is 19.4 Å². The van der Waals surface area contributed by atoms with Crippen LogP contribution in [0.5, 0.6) is 0 Å². The minimum absolute atomic E-state index is 0.172. The van der Waals surface area contributed by atoms with Crippen molar-refractivity contribution in [1.82, 2.24) is 0 Å². The van der Waals surface area contributed by atoms with Gasteiger partial charge in [-0.25, -0.2) is 4.79 Å². The fourth-order valence-corrected chi connectivity index (χ4v) is 5.17. The zero-order chi connectivity index (χ0) is 15.4. The molecule has 2 bridgehead atoms. The number of carbonyl (C=O) groups is 1. The van der Waals surface area contributed by atoms with Crippen LogP contribution >= 0.6 is 0 Å². The van der Waals surface area contributed by atoms with E-state index in [2.05, 4.69) is 27.7 Å². The number of aliphatic hydroxyl groups excluding tert-OH is 1. The zero-order valence-electron chi connectivity index (χ0n) is 13.6. The van der Waals surface area contributed by atoms with Crippen molar-refractivity contribution in [2.75, 3.05) is 6.61 Å². The first-order valence-electron chi connectivity index (χ1n) is 8.33. The number of esters is 1. The molecule has 3 rings (SSSR count). The van der Waals surface area contributed by atoms with E-state index in [1.54, 1.807) is 0 Å². The Hall–Kier alpha value is -0.610. The smallest absolute Gasteiger partial charge is 0.332 e. The molecule has 21 heavy (non-hydrogen) atoms.